The van der Waals surface area contributed by atoms with Gasteiger partial charge in [-0.15, -0.1) is 0 Å². The first-order chi connectivity index (χ1) is 38.7. The number of imidazole rings is 2. The van der Waals surface area contributed by atoms with Crippen LogP contribution in [0.2, 0.25) is 0 Å². The minimum absolute atomic E-state index is 0.176. The smallest absolute Gasteiger partial charge is 0.167 e. The van der Waals surface area contributed by atoms with E-state index < -0.39 is 0 Å². The second-order valence-electron chi connectivity index (χ2n) is 20.0. The summed E-state index contributed by atoms with van der Waals surface area (Å²) in [7, 11) is 0. The van der Waals surface area contributed by atoms with Crippen LogP contribution in [0, 0.1) is 0 Å². The Hall–Kier alpha value is -8.03. The standard InChI is InChI=1S/C34H38N6O.C29H27N5.2C2H6/c1-3-6-32-30(14-9-25(2)26-7-4-8-29(23-26)39-19-21-41-22-20-39)38-33(31-15-18-36-24-37-31)40(32)28-12-10-27(11-13-28)34(35)16-5-17-34;30-29(18-7-19-29)23-12-14-24(15-13-23)34-27(22-10-5-2-6-11-22)32-25-16-17-26(33-28(25)34)31-20-21-8-3-1-4-9-21;2*1-2/h4,6-15,18,23-24H,3,5,16-17,19-22,35H2,1-2H3;1-6,8-17H,7,18-20,30H2,(H,31,33);2*1-2H3/b25-9+,30-14+,32-6-;;;. The van der Waals surface area contributed by atoms with Gasteiger partial charge in [-0.05, 0) is 140 Å². The molecule has 4 aromatic heterocycles. The van der Waals surface area contributed by atoms with Gasteiger partial charge in [0, 0.05) is 59.5 Å². The number of aromatic nitrogens is 7. The van der Waals surface area contributed by atoms with Gasteiger partial charge in [-0.1, -0.05) is 144 Å². The fourth-order valence-electron chi connectivity index (χ4n) is 10.3. The maximum Gasteiger partial charge on any atom is 0.167 e. The molecule has 9 aromatic rings. The zero-order chi connectivity index (χ0) is 55.2. The Balaban J connectivity index is 0.000000183. The number of hydrogen-bond acceptors (Lipinski definition) is 10. The van der Waals surface area contributed by atoms with Crippen molar-refractivity contribution in [3.63, 3.8) is 0 Å². The molecule has 3 fully saturated rings. The molecule has 0 spiro atoms. The SMILES string of the molecule is CC.CC.CC/C=c1/c(=C\C=C(/C)c2cccc(N3CCOCC3)c2)nc(-c2ccncn2)n1-c1ccc(C2(N)CCC2)cc1.NC1(c2ccc(-n3c(-c4ccccc4)nc4ccc(NCc5ccccc5)nc43)cc2)CCC1. The Labute approximate surface area is 466 Å². The number of hydrogen-bond donors (Lipinski definition) is 3. The average molecular weight is 1050 g/mol. The topological polar surface area (TPSA) is 151 Å². The molecule has 0 atom stereocenters. The molecule has 0 radical (unpaired) electrons. The summed E-state index contributed by atoms with van der Waals surface area (Å²) < 4.78 is 9.88. The third-order valence-electron chi connectivity index (χ3n) is 15.1. The van der Waals surface area contributed by atoms with Gasteiger partial charge in [-0.2, -0.15) is 0 Å². The quantitative estimate of drug-likeness (QED) is 0.102. The van der Waals surface area contributed by atoms with Gasteiger partial charge in [-0.3, -0.25) is 9.13 Å². The number of fused-ring (bicyclic) bond motifs is 1. The van der Waals surface area contributed by atoms with Gasteiger partial charge in [0.15, 0.2) is 11.5 Å². The highest BCUT2D eigenvalue weighted by Gasteiger charge is 2.35. The predicted molar refractivity (Wildman–Crippen MR) is 326 cm³/mol. The first-order valence-electron chi connectivity index (χ1n) is 28.4. The largest absolute Gasteiger partial charge is 0.378 e. The van der Waals surface area contributed by atoms with Crippen molar-refractivity contribution in [2.24, 2.45) is 11.5 Å². The summed E-state index contributed by atoms with van der Waals surface area (Å²) in [5.41, 5.74) is 25.6. The van der Waals surface area contributed by atoms with E-state index in [1.165, 1.54) is 46.4 Å². The van der Waals surface area contributed by atoms with Gasteiger partial charge in [0.2, 0.25) is 0 Å². The summed E-state index contributed by atoms with van der Waals surface area (Å²) >= 11 is 0. The van der Waals surface area contributed by atoms with Crippen molar-refractivity contribution in [1.29, 1.82) is 0 Å². The van der Waals surface area contributed by atoms with Crippen LogP contribution in [-0.4, -0.2) is 60.4 Å². The van der Waals surface area contributed by atoms with Crippen molar-refractivity contribution in [1.82, 2.24) is 34.1 Å². The van der Waals surface area contributed by atoms with Crippen molar-refractivity contribution >= 4 is 40.4 Å². The number of pyridine rings is 1. The number of nitrogens with two attached hydrogens (primary N) is 2. The van der Waals surface area contributed by atoms with Gasteiger partial charge < -0.3 is 26.4 Å². The van der Waals surface area contributed by atoms with E-state index in [2.05, 4.69) is 158 Å². The van der Waals surface area contributed by atoms with Crippen LogP contribution in [0.1, 0.15) is 109 Å². The summed E-state index contributed by atoms with van der Waals surface area (Å²) in [5.74, 6) is 2.49. The molecule has 0 unspecified atom stereocenters. The van der Waals surface area contributed by atoms with Crippen molar-refractivity contribution in [3.05, 3.63) is 203 Å². The number of nitrogens with one attached hydrogen (secondary N) is 1. The number of rotatable bonds is 13. The predicted octanol–water partition coefficient (Wildman–Crippen LogP) is 12.7. The fourth-order valence-corrected chi connectivity index (χ4v) is 10.3. The van der Waals surface area contributed by atoms with Crippen LogP contribution in [0.4, 0.5) is 11.5 Å². The summed E-state index contributed by atoms with van der Waals surface area (Å²) in [6, 6.07) is 52.6. The second kappa shape index (κ2) is 26.1. The monoisotopic (exact) mass is 1050 g/mol. The number of allylic oxidation sites excluding steroid dienone is 2. The van der Waals surface area contributed by atoms with E-state index in [-0.39, 0.29) is 11.1 Å². The van der Waals surface area contributed by atoms with E-state index in [1.807, 2.05) is 82.3 Å². The molecule has 12 heteroatoms. The van der Waals surface area contributed by atoms with Gasteiger partial charge in [0.25, 0.3) is 0 Å². The average Bonchev–Trinajstić information content (AvgIpc) is 4.21. The summed E-state index contributed by atoms with van der Waals surface area (Å²) in [6.07, 6.45) is 17.3. The van der Waals surface area contributed by atoms with E-state index >= 15 is 0 Å². The fraction of sp³-hybridized carbons (Fsp3) is 0.299. The highest BCUT2D eigenvalue weighted by molar-refractivity contribution is 5.81. The summed E-state index contributed by atoms with van der Waals surface area (Å²) in [4.78, 5) is 26.1. The van der Waals surface area contributed by atoms with Crippen LogP contribution in [0.25, 0.3) is 63.2 Å². The highest BCUT2D eigenvalue weighted by atomic mass is 16.5. The maximum absolute atomic E-state index is 6.62. The lowest BCUT2D eigenvalue weighted by Gasteiger charge is -2.38. The van der Waals surface area contributed by atoms with Gasteiger partial charge >= 0.3 is 0 Å². The second-order valence-corrected chi connectivity index (χ2v) is 20.0. The highest BCUT2D eigenvalue weighted by Crippen LogP contribution is 2.40. The van der Waals surface area contributed by atoms with Crippen LogP contribution in [0.3, 0.4) is 0 Å². The number of anilines is 2. The molecule has 1 saturated heterocycles. The molecular formula is C67H77N11O. The van der Waals surface area contributed by atoms with Crippen LogP contribution >= 0.6 is 0 Å². The molecule has 2 aliphatic carbocycles. The number of morpholine rings is 1. The van der Waals surface area contributed by atoms with Gasteiger partial charge in [0.05, 0.1) is 23.9 Å². The Kier molecular flexibility index (Phi) is 18.4. The molecule has 0 bridgehead atoms. The van der Waals surface area contributed by atoms with E-state index in [1.54, 1.807) is 12.5 Å². The Morgan fingerprint density at radius 1 is 0.658 bits per heavy atom. The zero-order valence-electron chi connectivity index (χ0n) is 46.9. The minimum Gasteiger partial charge on any atom is -0.378 e. The normalized spacial score (nSPS) is 15.8. The molecule has 3 aliphatic rings. The molecule has 5 aromatic carbocycles. The maximum atomic E-state index is 6.62. The molecule has 1 aliphatic heterocycles. The Bertz CT molecular complexity index is 3540. The third-order valence-corrected chi connectivity index (χ3v) is 15.1. The molecular weight excluding hydrogens is 975 g/mol. The molecule has 2 saturated carbocycles. The van der Waals surface area contributed by atoms with Crippen molar-refractivity contribution in [2.45, 2.75) is 104 Å². The molecule has 12 rings (SSSR count). The lowest BCUT2D eigenvalue weighted by atomic mass is 9.73. The van der Waals surface area contributed by atoms with E-state index in [0.29, 0.717) is 6.54 Å². The third kappa shape index (κ3) is 12.6. The molecule has 406 valence electrons. The molecule has 0 amide bonds. The van der Waals surface area contributed by atoms with Gasteiger partial charge in [-0.25, -0.2) is 24.9 Å². The molecule has 5 N–H and O–H groups in total. The van der Waals surface area contributed by atoms with Crippen LogP contribution < -0.4 is 32.4 Å². The lowest BCUT2D eigenvalue weighted by Crippen LogP contribution is -2.43. The van der Waals surface area contributed by atoms with Crippen LogP contribution in [-0.2, 0) is 22.4 Å². The first-order valence-corrected chi connectivity index (χ1v) is 28.4. The zero-order valence-corrected chi connectivity index (χ0v) is 46.9. The van der Waals surface area contributed by atoms with Crippen LogP contribution in [0.5, 0.6) is 0 Å². The van der Waals surface area contributed by atoms with Crippen molar-refractivity contribution in [2.75, 3.05) is 36.5 Å². The number of ether oxygens (including phenoxy) is 1. The van der Waals surface area contributed by atoms with Crippen molar-refractivity contribution < 1.29 is 4.74 Å². The van der Waals surface area contributed by atoms with Gasteiger partial charge in [0.1, 0.15) is 29.2 Å². The Morgan fingerprint density at radius 3 is 1.89 bits per heavy atom. The Morgan fingerprint density at radius 2 is 1.29 bits per heavy atom. The van der Waals surface area contributed by atoms with Crippen LogP contribution in [0.15, 0.2) is 170 Å². The van der Waals surface area contributed by atoms with Crippen molar-refractivity contribution in [3.8, 4) is 34.3 Å². The lowest BCUT2D eigenvalue weighted by molar-refractivity contribution is 0.122. The summed E-state index contributed by atoms with van der Waals surface area (Å²) in [5, 5.41) is 5.41. The van der Waals surface area contributed by atoms with E-state index in [9.17, 15) is 0 Å². The first kappa shape index (κ1) is 55.7. The molecule has 5 heterocycles. The minimum atomic E-state index is -0.193. The molecule has 79 heavy (non-hydrogen) atoms. The van der Waals surface area contributed by atoms with E-state index in [0.717, 1.165) is 120 Å². The number of benzene rings is 5. The number of nitrogens with zero attached hydrogens (tertiary/aromatic N) is 8. The molecule has 12 nitrogen and oxygen atoms in total. The van der Waals surface area contributed by atoms with E-state index in [4.69, 9.17) is 31.2 Å². The summed E-state index contributed by atoms with van der Waals surface area (Å²) in [6.45, 7) is 16.4.